The van der Waals surface area contributed by atoms with Gasteiger partial charge in [-0.05, 0) is 55.8 Å². The maximum absolute atomic E-state index is 13.4. The van der Waals surface area contributed by atoms with E-state index in [0.717, 1.165) is 11.3 Å². The molecule has 2 aromatic carbocycles. The number of anilines is 2. The second-order valence-electron chi connectivity index (χ2n) is 7.12. The molecule has 3 aromatic rings. The molecule has 9 nitrogen and oxygen atoms in total. The van der Waals surface area contributed by atoms with Crippen LogP contribution in [-0.4, -0.2) is 40.4 Å². The Hall–Kier alpha value is -4.14. The molecule has 1 aromatic heterocycles. The van der Waals surface area contributed by atoms with Crippen molar-refractivity contribution in [3.63, 3.8) is 0 Å². The summed E-state index contributed by atoms with van der Waals surface area (Å²) in [7, 11) is 1.60. The number of aromatic nitrogens is 3. The summed E-state index contributed by atoms with van der Waals surface area (Å²) in [5, 5.41) is 10.4. The van der Waals surface area contributed by atoms with E-state index >= 15 is 0 Å². The molecular weight excluding hydrogens is 410 g/mol. The molecule has 0 bridgehead atoms. The first-order valence-electron chi connectivity index (χ1n) is 10.1. The summed E-state index contributed by atoms with van der Waals surface area (Å²) in [4.78, 5) is 29.4. The summed E-state index contributed by atoms with van der Waals surface area (Å²) in [5.41, 5.74) is 3.01. The summed E-state index contributed by atoms with van der Waals surface area (Å²) in [5.74, 6) is 0.577. The van der Waals surface area contributed by atoms with Crippen LogP contribution in [0.2, 0.25) is 0 Å². The molecule has 0 radical (unpaired) electrons. The number of hydrogen-bond acceptors (Lipinski definition) is 7. The van der Waals surface area contributed by atoms with Crippen LogP contribution in [0.5, 0.6) is 5.75 Å². The minimum absolute atomic E-state index is 0.291. The van der Waals surface area contributed by atoms with Crippen LogP contribution in [0.4, 0.5) is 11.6 Å². The second kappa shape index (κ2) is 8.93. The van der Waals surface area contributed by atoms with Gasteiger partial charge in [0.1, 0.15) is 18.1 Å². The minimum Gasteiger partial charge on any atom is -0.497 e. The van der Waals surface area contributed by atoms with E-state index in [1.54, 1.807) is 43.0 Å². The van der Waals surface area contributed by atoms with Gasteiger partial charge in [0.15, 0.2) is 0 Å². The molecule has 0 saturated heterocycles. The molecule has 164 valence electrons. The van der Waals surface area contributed by atoms with Crippen LogP contribution in [0, 0.1) is 0 Å². The molecule has 0 spiro atoms. The van der Waals surface area contributed by atoms with E-state index in [1.807, 2.05) is 31.2 Å². The van der Waals surface area contributed by atoms with E-state index in [0.29, 0.717) is 35.1 Å². The smallest absolute Gasteiger partial charge is 0.338 e. The molecule has 1 atom stereocenters. The molecule has 1 aliphatic heterocycles. The van der Waals surface area contributed by atoms with Crippen LogP contribution in [0.1, 0.15) is 35.8 Å². The zero-order valence-electron chi connectivity index (χ0n) is 18.0. The fraction of sp³-hybridized carbons (Fsp3) is 0.217. The van der Waals surface area contributed by atoms with Gasteiger partial charge in [0.05, 0.1) is 24.9 Å². The topological polar surface area (TPSA) is 107 Å². The van der Waals surface area contributed by atoms with Gasteiger partial charge >= 0.3 is 5.97 Å². The Bertz CT molecular complexity index is 1170. The standard InChI is InChI=1S/C23H23N5O4/c1-4-32-22(30)16-5-9-17(10-6-16)27-21(29)19-14(2)26-23-24-13-25-28(23)20(19)15-7-11-18(31-3)12-8-15/h5-13,20H,4H2,1-3H3,(H,27,29)(H,24,25,26). The third kappa shape index (κ3) is 4.04. The van der Waals surface area contributed by atoms with Crippen molar-refractivity contribution in [2.24, 2.45) is 0 Å². The summed E-state index contributed by atoms with van der Waals surface area (Å²) in [6.45, 7) is 3.88. The number of methoxy groups -OCH3 is 1. The van der Waals surface area contributed by atoms with Gasteiger partial charge in [0, 0.05) is 11.4 Å². The monoisotopic (exact) mass is 433 g/mol. The second-order valence-corrected chi connectivity index (χ2v) is 7.12. The molecule has 1 aliphatic rings. The molecule has 1 amide bonds. The van der Waals surface area contributed by atoms with Gasteiger partial charge in [-0.1, -0.05) is 12.1 Å². The zero-order valence-corrected chi connectivity index (χ0v) is 18.0. The van der Waals surface area contributed by atoms with Crippen LogP contribution < -0.4 is 15.4 Å². The number of carbonyl (C=O) groups excluding carboxylic acids is 2. The van der Waals surface area contributed by atoms with Crippen molar-refractivity contribution in [2.45, 2.75) is 19.9 Å². The molecule has 0 fully saturated rings. The lowest BCUT2D eigenvalue weighted by atomic mass is 9.95. The van der Waals surface area contributed by atoms with Crippen molar-refractivity contribution >= 4 is 23.5 Å². The molecule has 1 unspecified atom stereocenters. The highest BCUT2D eigenvalue weighted by Crippen LogP contribution is 2.35. The SMILES string of the molecule is CCOC(=O)c1ccc(NC(=O)C2=C(C)Nc3ncnn3C2c2ccc(OC)cc2)cc1. The molecular formula is C23H23N5O4. The van der Waals surface area contributed by atoms with E-state index in [4.69, 9.17) is 9.47 Å². The molecule has 0 aliphatic carbocycles. The van der Waals surface area contributed by atoms with E-state index in [-0.39, 0.29) is 5.91 Å². The maximum atomic E-state index is 13.4. The van der Waals surface area contributed by atoms with Gasteiger partial charge in [-0.15, -0.1) is 0 Å². The van der Waals surface area contributed by atoms with E-state index < -0.39 is 12.0 Å². The quantitative estimate of drug-likeness (QED) is 0.574. The lowest BCUT2D eigenvalue weighted by molar-refractivity contribution is -0.113. The Morgan fingerprint density at radius 1 is 1.12 bits per heavy atom. The molecule has 2 heterocycles. The summed E-state index contributed by atoms with van der Waals surface area (Å²) in [6, 6.07) is 13.6. The van der Waals surface area contributed by atoms with Gasteiger partial charge in [0.2, 0.25) is 5.95 Å². The van der Waals surface area contributed by atoms with Crippen molar-refractivity contribution < 1.29 is 19.1 Å². The van der Waals surface area contributed by atoms with Gasteiger partial charge < -0.3 is 20.1 Å². The number of ether oxygens (including phenoxy) is 2. The van der Waals surface area contributed by atoms with Crippen LogP contribution in [0.3, 0.4) is 0 Å². The first-order valence-corrected chi connectivity index (χ1v) is 10.1. The van der Waals surface area contributed by atoms with Crippen molar-refractivity contribution in [3.05, 3.63) is 77.3 Å². The predicted octanol–water partition coefficient (Wildman–Crippen LogP) is 3.39. The summed E-state index contributed by atoms with van der Waals surface area (Å²) < 4.78 is 11.9. The van der Waals surface area contributed by atoms with Crippen LogP contribution in [0.15, 0.2) is 66.1 Å². The van der Waals surface area contributed by atoms with E-state index in [1.165, 1.54) is 6.33 Å². The van der Waals surface area contributed by atoms with Crippen LogP contribution >= 0.6 is 0 Å². The van der Waals surface area contributed by atoms with E-state index in [9.17, 15) is 9.59 Å². The number of rotatable bonds is 6. The number of hydrogen-bond donors (Lipinski definition) is 2. The van der Waals surface area contributed by atoms with Crippen LogP contribution in [-0.2, 0) is 9.53 Å². The number of amides is 1. The molecule has 32 heavy (non-hydrogen) atoms. The predicted molar refractivity (Wildman–Crippen MR) is 119 cm³/mol. The van der Waals surface area contributed by atoms with E-state index in [2.05, 4.69) is 20.7 Å². The van der Waals surface area contributed by atoms with Crippen molar-refractivity contribution in [1.29, 1.82) is 0 Å². The number of esters is 1. The number of allylic oxidation sites excluding steroid dienone is 1. The average molecular weight is 433 g/mol. The average Bonchev–Trinajstić information content (AvgIpc) is 3.27. The van der Waals surface area contributed by atoms with Crippen LogP contribution in [0.25, 0.3) is 0 Å². The highest BCUT2D eigenvalue weighted by atomic mass is 16.5. The molecule has 9 heteroatoms. The Labute approximate surface area is 185 Å². The first kappa shape index (κ1) is 21.1. The Kier molecular flexibility index (Phi) is 5.89. The van der Waals surface area contributed by atoms with Crippen molar-refractivity contribution in [1.82, 2.24) is 14.8 Å². The number of nitrogens with one attached hydrogen (secondary N) is 2. The molecule has 2 N–H and O–H groups in total. The van der Waals surface area contributed by atoms with Gasteiger partial charge in [-0.25, -0.2) is 9.48 Å². The summed E-state index contributed by atoms with van der Waals surface area (Å²) >= 11 is 0. The van der Waals surface area contributed by atoms with Gasteiger partial charge in [-0.2, -0.15) is 10.1 Å². The number of carbonyl (C=O) groups is 2. The summed E-state index contributed by atoms with van der Waals surface area (Å²) in [6.07, 6.45) is 1.45. The zero-order chi connectivity index (χ0) is 22.7. The number of nitrogens with zero attached hydrogens (tertiary/aromatic N) is 3. The lowest BCUT2D eigenvalue weighted by Gasteiger charge is -2.28. The molecule has 4 rings (SSSR count). The van der Waals surface area contributed by atoms with Crippen molar-refractivity contribution in [3.8, 4) is 5.75 Å². The highest BCUT2D eigenvalue weighted by molar-refractivity contribution is 6.06. The largest absolute Gasteiger partial charge is 0.497 e. The first-order chi connectivity index (χ1) is 15.5. The highest BCUT2D eigenvalue weighted by Gasteiger charge is 2.33. The third-order valence-corrected chi connectivity index (χ3v) is 5.12. The van der Waals surface area contributed by atoms with Gasteiger partial charge in [0.25, 0.3) is 5.91 Å². The van der Waals surface area contributed by atoms with Gasteiger partial charge in [-0.3, -0.25) is 4.79 Å². The third-order valence-electron chi connectivity index (χ3n) is 5.12. The number of benzene rings is 2. The Balaban J connectivity index is 1.63. The maximum Gasteiger partial charge on any atom is 0.338 e. The minimum atomic E-state index is -0.474. The van der Waals surface area contributed by atoms with Crippen molar-refractivity contribution in [2.75, 3.05) is 24.4 Å². The fourth-order valence-electron chi connectivity index (χ4n) is 3.58. The normalized spacial score (nSPS) is 14.9. The lowest BCUT2D eigenvalue weighted by Crippen LogP contribution is -2.31. The number of fused-ring (bicyclic) bond motifs is 1. The Morgan fingerprint density at radius 2 is 1.84 bits per heavy atom. The fourth-order valence-corrected chi connectivity index (χ4v) is 3.58. The molecule has 0 saturated carbocycles. The Morgan fingerprint density at radius 3 is 2.50 bits per heavy atom.